The Labute approximate surface area is 108 Å². The molecule has 0 rings (SSSR count). The SMILES string of the molecule is NS(=O)(=O)CCSCCSCCSON=O. The summed E-state index contributed by atoms with van der Waals surface area (Å²) in [5, 5.41) is 7.09. The van der Waals surface area contributed by atoms with E-state index in [1.54, 1.807) is 23.5 Å². The first-order valence-corrected chi connectivity index (χ1v) is 9.27. The van der Waals surface area contributed by atoms with Crippen LogP contribution < -0.4 is 5.14 Å². The number of hydrogen-bond acceptors (Lipinski definition) is 8. The summed E-state index contributed by atoms with van der Waals surface area (Å²) in [6.45, 7) is 0. The second kappa shape index (κ2) is 10.5. The van der Waals surface area contributed by atoms with Crippen LogP contribution in [0.4, 0.5) is 0 Å². The van der Waals surface area contributed by atoms with Crippen LogP contribution in [0.5, 0.6) is 0 Å². The van der Waals surface area contributed by atoms with E-state index in [-0.39, 0.29) is 5.75 Å². The van der Waals surface area contributed by atoms with E-state index in [1.807, 2.05) is 0 Å². The van der Waals surface area contributed by atoms with Gasteiger partial charge in [-0.15, -0.1) is 4.91 Å². The molecule has 0 heterocycles. The molecule has 0 saturated heterocycles. The first-order valence-electron chi connectivity index (χ1n) is 4.33. The van der Waals surface area contributed by atoms with Crippen molar-refractivity contribution in [2.24, 2.45) is 10.5 Å². The van der Waals surface area contributed by atoms with Crippen molar-refractivity contribution in [3.8, 4) is 0 Å². The second-order valence-corrected chi connectivity index (χ2v) is 7.54. The first-order chi connectivity index (χ1) is 7.56. The van der Waals surface area contributed by atoms with Gasteiger partial charge in [0.2, 0.25) is 10.0 Å². The number of sulfonamides is 1. The zero-order chi connectivity index (χ0) is 12.3. The van der Waals surface area contributed by atoms with Gasteiger partial charge >= 0.3 is 0 Å². The van der Waals surface area contributed by atoms with E-state index in [4.69, 9.17) is 5.14 Å². The third kappa shape index (κ3) is 14.4. The Bertz CT molecular complexity index is 272. The Balaban J connectivity index is 3.07. The summed E-state index contributed by atoms with van der Waals surface area (Å²) in [6, 6.07) is 0. The van der Waals surface area contributed by atoms with Gasteiger partial charge in [0.25, 0.3) is 0 Å². The molecule has 0 unspecified atom stereocenters. The third-order valence-electron chi connectivity index (χ3n) is 1.28. The van der Waals surface area contributed by atoms with Gasteiger partial charge in [0, 0.05) is 28.8 Å². The van der Waals surface area contributed by atoms with Gasteiger partial charge in [-0.3, -0.25) is 4.28 Å². The lowest BCUT2D eigenvalue weighted by Crippen LogP contribution is -2.18. The van der Waals surface area contributed by atoms with Crippen LogP contribution in [0.25, 0.3) is 0 Å². The molecule has 0 aliphatic rings. The van der Waals surface area contributed by atoms with Crippen LogP contribution in [0.15, 0.2) is 5.34 Å². The molecule has 6 nitrogen and oxygen atoms in total. The van der Waals surface area contributed by atoms with Crippen molar-refractivity contribution in [3.05, 3.63) is 4.91 Å². The van der Waals surface area contributed by atoms with E-state index in [0.717, 1.165) is 29.3 Å². The summed E-state index contributed by atoms with van der Waals surface area (Å²) in [7, 11) is -3.32. The van der Waals surface area contributed by atoms with Crippen molar-refractivity contribution in [2.45, 2.75) is 0 Å². The van der Waals surface area contributed by atoms with Crippen LogP contribution in [-0.2, 0) is 14.3 Å². The molecule has 0 aromatic heterocycles. The molecule has 2 N–H and O–H groups in total. The van der Waals surface area contributed by atoms with E-state index in [1.165, 1.54) is 0 Å². The average molecular weight is 306 g/mol. The van der Waals surface area contributed by atoms with Gasteiger partial charge in [0.1, 0.15) is 0 Å². The molecule has 10 heteroatoms. The topological polar surface area (TPSA) is 98.8 Å². The lowest BCUT2D eigenvalue weighted by atomic mass is 10.9. The van der Waals surface area contributed by atoms with Crippen molar-refractivity contribution >= 4 is 45.6 Å². The highest BCUT2D eigenvalue weighted by Crippen LogP contribution is 2.10. The molecule has 0 atom stereocenters. The summed E-state index contributed by atoms with van der Waals surface area (Å²) in [4.78, 5) is 9.53. The minimum Gasteiger partial charge on any atom is -0.288 e. The molecule has 0 radical (unpaired) electrons. The number of rotatable bonds is 11. The van der Waals surface area contributed by atoms with Gasteiger partial charge in [-0.2, -0.15) is 23.5 Å². The summed E-state index contributed by atoms with van der Waals surface area (Å²) in [6.07, 6.45) is 0. The minimum atomic E-state index is -3.32. The molecule has 0 bridgehead atoms. The highest BCUT2D eigenvalue weighted by atomic mass is 32.2. The lowest BCUT2D eigenvalue weighted by Gasteiger charge is -2.00. The van der Waals surface area contributed by atoms with Crippen molar-refractivity contribution < 1.29 is 12.7 Å². The number of primary sulfonamides is 1. The van der Waals surface area contributed by atoms with E-state index in [9.17, 15) is 13.3 Å². The second-order valence-electron chi connectivity index (χ2n) is 2.56. The van der Waals surface area contributed by atoms with Gasteiger partial charge in [0.15, 0.2) is 5.34 Å². The van der Waals surface area contributed by atoms with E-state index < -0.39 is 10.0 Å². The van der Waals surface area contributed by atoms with Crippen LogP contribution in [0.1, 0.15) is 0 Å². The summed E-state index contributed by atoms with van der Waals surface area (Å²) >= 11 is 4.30. The monoisotopic (exact) mass is 306 g/mol. The number of hydrogen-bond donors (Lipinski definition) is 1. The Hall–Kier alpha value is 0.360. The van der Waals surface area contributed by atoms with Crippen molar-refractivity contribution in [2.75, 3.05) is 34.5 Å². The van der Waals surface area contributed by atoms with E-state index in [0.29, 0.717) is 11.5 Å². The Morgan fingerprint density at radius 3 is 2.19 bits per heavy atom. The predicted octanol–water partition coefficient (Wildman–Crippen LogP) is 1.09. The fraction of sp³-hybridized carbons (Fsp3) is 1.00. The fourth-order valence-corrected chi connectivity index (χ4v) is 4.26. The van der Waals surface area contributed by atoms with Crippen molar-refractivity contribution in [1.82, 2.24) is 0 Å². The maximum atomic E-state index is 10.6. The highest BCUT2D eigenvalue weighted by molar-refractivity contribution is 8.04. The van der Waals surface area contributed by atoms with Crippen LogP contribution in [0, 0.1) is 4.91 Å². The molecule has 0 aromatic carbocycles. The largest absolute Gasteiger partial charge is 0.288 e. The van der Waals surface area contributed by atoms with Crippen LogP contribution >= 0.6 is 35.6 Å². The van der Waals surface area contributed by atoms with Gasteiger partial charge in [0.05, 0.1) is 17.8 Å². The smallest absolute Gasteiger partial charge is 0.209 e. The van der Waals surface area contributed by atoms with Gasteiger partial charge in [-0.25, -0.2) is 13.6 Å². The molecular formula is C6H14N2O4S4. The molecule has 0 aliphatic heterocycles. The van der Waals surface area contributed by atoms with Crippen LogP contribution in [0.2, 0.25) is 0 Å². The molecular weight excluding hydrogens is 292 g/mol. The standard InChI is InChI=1S/C6H14N2O4S4/c7-16(10,11)6-5-14-2-1-13-3-4-15-12-8-9/h1-6H2,(H2,7,10,11). The number of nitrogens with zero attached hydrogens (tertiary/aromatic N) is 1. The minimum absolute atomic E-state index is 0.0248. The lowest BCUT2D eigenvalue weighted by molar-refractivity contribution is 0.398. The molecule has 16 heavy (non-hydrogen) atoms. The molecule has 0 fully saturated rings. The van der Waals surface area contributed by atoms with Gasteiger partial charge in [-0.1, -0.05) is 0 Å². The molecule has 96 valence electrons. The summed E-state index contributed by atoms with van der Waals surface area (Å²) in [5.74, 6) is 3.96. The highest BCUT2D eigenvalue weighted by Gasteiger charge is 2.01. The zero-order valence-electron chi connectivity index (χ0n) is 8.53. The molecule has 0 amide bonds. The van der Waals surface area contributed by atoms with Gasteiger partial charge in [-0.05, 0) is 0 Å². The quantitative estimate of drug-likeness (QED) is 0.264. The van der Waals surface area contributed by atoms with E-state index >= 15 is 0 Å². The Morgan fingerprint density at radius 1 is 1.06 bits per heavy atom. The zero-order valence-corrected chi connectivity index (χ0v) is 11.8. The van der Waals surface area contributed by atoms with Crippen molar-refractivity contribution in [1.29, 1.82) is 0 Å². The number of thioether (sulfide) groups is 2. The van der Waals surface area contributed by atoms with Crippen LogP contribution in [0.3, 0.4) is 0 Å². The summed E-state index contributed by atoms with van der Waals surface area (Å²) < 4.78 is 25.4. The third-order valence-corrected chi connectivity index (χ3v) is 5.34. The van der Waals surface area contributed by atoms with E-state index in [2.05, 4.69) is 9.62 Å². The fourth-order valence-electron chi connectivity index (χ4n) is 0.649. The first kappa shape index (κ1) is 16.4. The molecule has 0 saturated carbocycles. The average Bonchev–Trinajstić information content (AvgIpc) is 2.19. The molecule has 0 spiro atoms. The van der Waals surface area contributed by atoms with Crippen molar-refractivity contribution in [3.63, 3.8) is 0 Å². The Morgan fingerprint density at radius 2 is 1.62 bits per heavy atom. The maximum absolute atomic E-state index is 10.6. The number of nitrogens with two attached hydrogens (primary N) is 1. The molecule has 0 aromatic rings. The van der Waals surface area contributed by atoms with Crippen LogP contribution in [-0.4, -0.2) is 42.9 Å². The maximum Gasteiger partial charge on any atom is 0.209 e. The van der Waals surface area contributed by atoms with Gasteiger partial charge < -0.3 is 0 Å². The summed E-state index contributed by atoms with van der Waals surface area (Å²) in [5.41, 5.74) is 0. The normalized spacial score (nSPS) is 11.3. The Kier molecular flexibility index (Phi) is 10.7. The predicted molar refractivity (Wildman–Crippen MR) is 72.0 cm³/mol. The molecule has 0 aliphatic carbocycles.